The van der Waals surface area contributed by atoms with Crippen LogP contribution in [0.4, 0.5) is 4.39 Å². The van der Waals surface area contributed by atoms with Gasteiger partial charge in [0, 0.05) is 22.7 Å². The second-order valence-corrected chi connectivity index (χ2v) is 5.07. The third kappa shape index (κ3) is 2.15. The molecule has 0 radical (unpaired) electrons. The molecule has 0 atom stereocenters. The number of halogens is 1. The maximum absolute atomic E-state index is 13.2. The monoisotopic (exact) mass is 289 g/mol. The second-order valence-electron chi connectivity index (χ2n) is 5.07. The summed E-state index contributed by atoms with van der Waals surface area (Å²) in [6, 6.07) is 16.5. The van der Waals surface area contributed by atoms with Gasteiger partial charge in [0.2, 0.25) is 0 Å². The number of benzene rings is 2. The summed E-state index contributed by atoms with van der Waals surface area (Å²) in [6.45, 7) is 0. The molecule has 4 heteroatoms. The summed E-state index contributed by atoms with van der Waals surface area (Å²) in [5.74, 6) is -0.248. The average molecular weight is 289 g/mol. The van der Waals surface area contributed by atoms with E-state index in [1.54, 1.807) is 18.3 Å². The standard InChI is InChI=1S/C18H12FN3/c19-15-7-5-12(6-8-15)16-9-13-3-1-2-4-17(13)22-18(16)14-10-20-21-11-14/h1-11H,(H,20,21). The molecule has 2 aromatic carbocycles. The summed E-state index contributed by atoms with van der Waals surface area (Å²) >= 11 is 0. The molecule has 3 nitrogen and oxygen atoms in total. The van der Waals surface area contributed by atoms with Crippen LogP contribution in [0, 0.1) is 5.82 Å². The van der Waals surface area contributed by atoms with E-state index in [2.05, 4.69) is 16.3 Å². The number of hydrogen-bond donors (Lipinski definition) is 1. The zero-order chi connectivity index (χ0) is 14.9. The van der Waals surface area contributed by atoms with Crippen LogP contribution in [0.5, 0.6) is 0 Å². The third-order valence-corrected chi connectivity index (χ3v) is 3.65. The van der Waals surface area contributed by atoms with Crippen molar-refractivity contribution in [3.05, 3.63) is 72.8 Å². The number of para-hydroxylation sites is 1. The number of aromatic nitrogens is 3. The number of fused-ring (bicyclic) bond motifs is 1. The molecule has 0 saturated heterocycles. The first-order valence-corrected chi connectivity index (χ1v) is 6.96. The fraction of sp³-hybridized carbons (Fsp3) is 0. The summed E-state index contributed by atoms with van der Waals surface area (Å²) in [5, 5.41) is 7.87. The third-order valence-electron chi connectivity index (χ3n) is 3.65. The smallest absolute Gasteiger partial charge is 0.123 e. The predicted octanol–water partition coefficient (Wildman–Crippen LogP) is 4.43. The van der Waals surface area contributed by atoms with Crippen LogP contribution in [0.15, 0.2) is 67.0 Å². The Morgan fingerprint density at radius 3 is 2.50 bits per heavy atom. The molecule has 0 aliphatic rings. The van der Waals surface area contributed by atoms with Gasteiger partial charge in [-0.2, -0.15) is 5.10 Å². The van der Waals surface area contributed by atoms with Gasteiger partial charge in [0.25, 0.3) is 0 Å². The molecule has 0 aliphatic carbocycles. The van der Waals surface area contributed by atoms with E-state index in [1.165, 1.54) is 12.1 Å². The first-order chi connectivity index (χ1) is 10.8. The van der Waals surface area contributed by atoms with E-state index in [9.17, 15) is 4.39 Å². The number of aromatic amines is 1. The van der Waals surface area contributed by atoms with Crippen LogP contribution < -0.4 is 0 Å². The normalized spacial score (nSPS) is 11.0. The van der Waals surface area contributed by atoms with Crippen LogP contribution in [-0.4, -0.2) is 15.2 Å². The van der Waals surface area contributed by atoms with Crippen LogP contribution in [-0.2, 0) is 0 Å². The molecule has 0 unspecified atom stereocenters. The Kier molecular flexibility index (Phi) is 2.93. The van der Waals surface area contributed by atoms with E-state index in [-0.39, 0.29) is 5.82 Å². The van der Waals surface area contributed by atoms with Crippen LogP contribution in [0.25, 0.3) is 33.3 Å². The van der Waals surface area contributed by atoms with E-state index in [0.29, 0.717) is 0 Å². The molecule has 2 aromatic heterocycles. The largest absolute Gasteiger partial charge is 0.285 e. The lowest BCUT2D eigenvalue weighted by Crippen LogP contribution is -1.90. The lowest BCUT2D eigenvalue weighted by atomic mass is 9.99. The lowest BCUT2D eigenvalue weighted by molar-refractivity contribution is 0.628. The molecular weight excluding hydrogens is 277 g/mol. The van der Waals surface area contributed by atoms with Crippen molar-refractivity contribution in [3.63, 3.8) is 0 Å². The molecule has 4 aromatic rings. The summed E-state index contributed by atoms with van der Waals surface area (Å²) in [4.78, 5) is 4.76. The molecule has 0 aliphatic heterocycles. The maximum Gasteiger partial charge on any atom is 0.123 e. The number of pyridine rings is 1. The molecule has 1 N–H and O–H groups in total. The highest BCUT2D eigenvalue weighted by molar-refractivity contribution is 5.91. The number of H-pyrrole nitrogens is 1. The number of nitrogens with one attached hydrogen (secondary N) is 1. The van der Waals surface area contributed by atoms with E-state index >= 15 is 0 Å². The zero-order valence-electron chi connectivity index (χ0n) is 11.6. The minimum absolute atomic E-state index is 0.248. The Bertz CT molecular complexity index is 928. The summed E-state index contributed by atoms with van der Waals surface area (Å²) in [7, 11) is 0. The van der Waals surface area contributed by atoms with Crippen LogP contribution in [0.2, 0.25) is 0 Å². The SMILES string of the molecule is Fc1ccc(-c2cc3ccccc3nc2-c2cn[nH]c2)cc1. The Morgan fingerprint density at radius 1 is 0.909 bits per heavy atom. The highest BCUT2D eigenvalue weighted by Gasteiger charge is 2.12. The van der Waals surface area contributed by atoms with E-state index in [0.717, 1.165) is 33.3 Å². The van der Waals surface area contributed by atoms with Gasteiger partial charge in [0.1, 0.15) is 5.82 Å². The number of nitrogens with zero attached hydrogens (tertiary/aromatic N) is 2. The molecule has 0 fully saturated rings. The van der Waals surface area contributed by atoms with Gasteiger partial charge in [-0.1, -0.05) is 30.3 Å². The van der Waals surface area contributed by atoms with Gasteiger partial charge in [0.05, 0.1) is 17.4 Å². The first kappa shape index (κ1) is 12.7. The average Bonchev–Trinajstić information content (AvgIpc) is 3.09. The van der Waals surface area contributed by atoms with Crippen molar-refractivity contribution in [1.29, 1.82) is 0 Å². The number of rotatable bonds is 2. The van der Waals surface area contributed by atoms with E-state index in [4.69, 9.17) is 4.98 Å². The van der Waals surface area contributed by atoms with Crippen molar-refractivity contribution >= 4 is 10.9 Å². The summed E-state index contributed by atoms with van der Waals surface area (Å²) in [5.41, 5.74) is 4.55. The fourth-order valence-corrected chi connectivity index (χ4v) is 2.57. The summed E-state index contributed by atoms with van der Waals surface area (Å²) < 4.78 is 13.2. The van der Waals surface area contributed by atoms with Gasteiger partial charge < -0.3 is 0 Å². The molecule has 0 spiro atoms. The minimum Gasteiger partial charge on any atom is -0.285 e. The molecule has 106 valence electrons. The fourth-order valence-electron chi connectivity index (χ4n) is 2.57. The van der Waals surface area contributed by atoms with Crippen LogP contribution in [0.1, 0.15) is 0 Å². The first-order valence-electron chi connectivity index (χ1n) is 6.96. The van der Waals surface area contributed by atoms with Crippen molar-refractivity contribution in [2.24, 2.45) is 0 Å². The molecular formula is C18H12FN3. The van der Waals surface area contributed by atoms with Gasteiger partial charge in [-0.15, -0.1) is 0 Å². The van der Waals surface area contributed by atoms with Crippen molar-refractivity contribution in [2.45, 2.75) is 0 Å². The van der Waals surface area contributed by atoms with Crippen molar-refractivity contribution in [2.75, 3.05) is 0 Å². The lowest BCUT2D eigenvalue weighted by Gasteiger charge is -2.10. The molecule has 2 heterocycles. The Labute approximate surface area is 126 Å². The van der Waals surface area contributed by atoms with Crippen LogP contribution >= 0.6 is 0 Å². The van der Waals surface area contributed by atoms with E-state index < -0.39 is 0 Å². The van der Waals surface area contributed by atoms with Crippen molar-refractivity contribution < 1.29 is 4.39 Å². The zero-order valence-corrected chi connectivity index (χ0v) is 11.6. The Balaban J connectivity index is 2.02. The molecule has 22 heavy (non-hydrogen) atoms. The van der Waals surface area contributed by atoms with Crippen LogP contribution in [0.3, 0.4) is 0 Å². The Morgan fingerprint density at radius 2 is 1.73 bits per heavy atom. The highest BCUT2D eigenvalue weighted by atomic mass is 19.1. The maximum atomic E-state index is 13.2. The molecule has 0 amide bonds. The van der Waals surface area contributed by atoms with Gasteiger partial charge in [0.15, 0.2) is 0 Å². The van der Waals surface area contributed by atoms with Gasteiger partial charge in [-0.05, 0) is 29.8 Å². The Hall–Kier alpha value is -3.01. The van der Waals surface area contributed by atoms with Crippen molar-refractivity contribution in [3.8, 4) is 22.4 Å². The van der Waals surface area contributed by atoms with Gasteiger partial charge in [-0.25, -0.2) is 9.37 Å². The van der Waals surface area contributed by atoms with E-state index in [1.807, 2.05) is 30.5 Å². The highest BCUT2D eigenvalue weighted by Crippen LogP contribution is 2.32. The van der Waals surface area contributed by atoms with Crippen molar-refractivity contribution in [1.82, 2.24) is 15.2 Å². The van der Waals surface area contributed by atoms with Gasteiger partial charge >= 0.3 is 0 Å². The quantitative estimate of drug-likeness (QED) is 0.593. The number of hydrogen-bond acceptors (Lipinski definition) is 2. The molecule has 0 bridgehead atoms. The second kappa shape index (κ2) is 5.07. The minimum atomic E-state index is -0.248. The topological polar surface area (TPSA) is 41.6 Å². The molecule has 0 saturated carbocycles. The van der Waals surface area contributed by atoms with Gasteiger partial charge in [-0.3, -0.25) is 5.10 Å². The predicted molar refractivity (Wildman–Crippen MR) is 84.7 cm³/mol. The molecule has 4 rings (SSSR count). The summed E-state index contributed by atoms with van der Waals surface area (Å²) in [6.07, 6.45) is 3.55.